The lowest BCUT2D eigenvalue weighted by Gasteiger charge is -2.17. The zero-order valence-corrected chi connectivity index (χ0v) is 11.9. The van der Waals surface area contributed by atoms with E-state index in [9.17, 15) is 9.59 Å². The monoisotopic (exact) mass is 270 g/mol. The van der Waals surface area contributed by atoms with Crippen molar-refractivity contribution in [1.82, 2.24) is 9.55 Å². The smallest absolute Gasteiger partial charge is 0.330 e. The molecule has 3 atom stereocenters. The molecule has 6 heteroatoms. The maximum atomic E-state index is 11.6. The molecule has 19 heavy (non-hydrogen) atoms. The molecule has 2 heterocycles. The summed E-state index contributed by atoms with van der Waals surface area (Å²) >= 11 is 0. The quantitative estimate of drug-likeness (QED) is 0.893. The Bertz CT molecular complexity index is 494. The number of aromatic nitrogens is 2. The molecule has 0 radical (unpaired) electrons. The number of aromatic amines is 1. The molecule has 2 rings (SSSR count). The number of nitrogens with one attached hydrogen (secondary N) is 1. The molecule has 1 aliphatic heterocycles. The molecule has 1 aromatic rings. The maximum Gasteiger partial charge on any atom is 0.330 e. The van der Waals surface area contributed by atoms with Crippen LogP contribution in [0.5, 0.6) is 0 Å². The van der Waals surface area contributed by atoms with Gasteiger partial charge in [0.2, 0.25) is 0 Å². The van der Waals surface area contributed by atoms with Crippen molar-refractivity contribution in [3.8, 4) is 0 Å². The van der Waals surface area contributed by atoms with Gasteiger partial charge < -0.3 is 9.47 Å². The van der Waals surface area contributed by atoms with Gasteiger partial charge in [-0.05, 0) is 6.42 Å². The van der Waals surface area contributed by atoms with E-state index in [2.05, 4.69) is 4.98 Å². The lowest BCUT2D eigenvalue weighted by molar-refractivity contribution is -0.0413. The van der Waals surface area contributed by atoms with Crippen molar-refractivity contribution in [2.24, 2.45) is 5.92 Å². The SMILES string of the molecule is CC.COCC1CC(C)C(n2ccc(=O)[nH]c2=O)O1. The number of rotatable bonds is 3. The summed E-state index contributed by atoms with van der Waals surface area (Å²) in [7, 11) is 1.62. The summed E-state index contributed by atoms with van der Waals surface area (Å²) in [6.07, 6.45) is 1.97. The molecule has 3 unspecified atom stereocenters. The van der Waals surface area contributed by atoms with Crippen LogP contribution in [0.4, 0.5) is 0 Å². The van der Waals surface area contributed by atoms with Crippen LogP contribution in [0.25, 0.3) is 0 Å². The molecule has 0 amide bonds. The van der Waals surface area contributed by atoms with Gasteiger partial charge in [-0.25, -0.2) is 4.79 Å². The van der Waals surface area contributed by atoms with Crippen molar-refractivity contribution in [1.29, 1.82) is 0 Å². The van der Waals surface area contributed by atoms with Crippen molar-refractivity contribution in [2.75, 3.05) is 13.7 Å². The minimum atomic E-state index is -0.438. The summed E-state index contributed by atoms with van der Waals surface area (Å²) in [4.78, 5) is 24.8. The van der Waals surface area contributed by atoms with E-state index in [1.165, 1.54) is 16.8 Å². The van der Waals surface area contributed by atoms with Gasteiger partial charge in [-0.15, -0.1) is 0 Å². The fraction of sp³-hybridized carbons (Fsp3) is 0.692. The van der Waals surface area contributed by atoms with Crippen LogP contribution in [0.15, 0.2) is 21.9 Å². The normalized spacial score (nSPS) is 25.8. The molecule has 0 saturated carbocycles. The Kier molecular flexibility index (Phi) is 5.98. The van der Waals surface area contributed by atoms with Crippen LogP contribution in [0.1, 0.15) is 33.4 Å². The Balaban J connectivity index is 0.000000861. The van der Waals surface area contributed by atoms with Gasteiger partial charge in [0.25, 0.3) is 5.56 Å². The second-order valence-electron chi connectivity index (χ2n) is 4.33. The predicted molar refractivity (Wildman–Crippen MR) is 72.2 cm³/mol. The van der Waals surface area contributed by atoms with Crippen LogP contribution in [0.3, 0.4) is 0 Å². The third kappa shape index (κ3) is 3.78. The van der Waals surface area contributed by atoms with Crippen molar-refractivity contribution >= 4 is 0 Å². The maximum absolute atomic E-state index is 11.6. The van der Waals surface area contributed by atoms with Crippen molar-refractivity contribution in [3.05, 3.63) is 33.1 Å². The Labute approximate surface area is 112 Å². The van der Waals surface area contributed by atoms with Crippen molar-refractivity contribution in [3.63, 3.8) is 0 Å². The summed E-state index contributed by atoms with van der Waals surface area (Å²) < 4.78 is 12.2. The number of hydrogen-bond donors (Lipinski definition) is 1. The zero-order valence-electron chi connectivity index (χ0n) is 11.9. The van der Waals surface area contributed by atoms with Crippen molar-refractivity contribution < 1.29 is 9.47 Å². The summed E-state index contributed by atoms with van der Waals surface area (Å²) in [5, 5.41) is 0. The summed E-state index contributed by atoms with van der Waals surface area (Å²) in [5.74, 6) is 0.207. The first-order chi connectivity index (χ1) is 9.11. The highest BCUT2D eigenvalue weighted by Crippen LogP contribution is 2.32. The van der Waals surface area contributed by atoms with Crippen LogP contribution in [0, 0.1) is 5.92 Å². The van der Waals surface area contributed by atoms with Crippen LogP contribution in [-0.4, -0.2) is 29.4 Å². The Morgan fingerprint density at radius 1 is 1.47 bits per heavy atom. The summed E-state index contributed by atoms with van der Waals surface area (Å²) in [6.45, 7) is 6.52. The summed E-state index contributed by atoms with van der Waals surface area (Å²) in [5.41, 5.74) is -0.835. The number of ether oxygens (including phenoxy) is 2. The lowest BCUT2D eigenvalue weighted by atomic mass is 10.1. The van der Waals surface area contributed by atoms with Gasteiger partial charge in [0.05, 0.1) is 12.7 Å². The first-order valence-electron chi connectivity index (χ1n) is 6.57. The molecule has 1 saturated heterocycles. The topological polar surface area (TPSA) is 73.3 Å². The molecule has 0 bridgehead atoms. The third-order valence-electron chi connectivity index (χ3n) is 2.93. The van der Waals surface area contributed by atoms with Gasteiger partial charge in [0.15, 0.2) is 0 Å². The van der Waals surface area contributed by atoms with Gasteiger partial charge in [-0.2, -0.15) is 0 Å². The predicted octanol–water partition coefficient (Wildman–Crippen LogP) is 1.13. The number of H-pyrrole nitrogens is 1. The summed E-state index contributed by atoms with van der Waals surface area (Å²) in [6, 6.07) is 1.32. The molecule has 1 fully saturated rings. The zero-order chi connectivity index (χ0) is 14.4. The second kappa shape index (κ2) is 7.25. The Morgan fingerprint density at radius 3 is 2.74 bits per heavy atom. The van der Waals surface area contributed by atoms with Gasteiger partial charge >= 0.3 is 5.69 Å². The number of hydrogen-bond acceptors (Lipinski definition) is 4. The highest BCUT2D eigenvalue weighted by molar-refractivity contribution is 4.87. The van der Waals surface area contributed by atoms with Crippen LogP contribution in [0.2, 0.25) is 0 Å². The van der Waals surface area contributed by atoms with E-state index in [0.29, 0.717) is 6.61 Å². The average Bonchev–Trinajstić information content (AvgIpc) is 2.73. The second-order valence-corrected chi connectivity index (χ2v) is 4.33. The van der Waals surface area contributed by atoms with E-state index < -0.39 is 11.2 Å². The van der Waals surface area contributed by atoms with E-state index in [-0.39, 0.29) is 18.2 Å². The van der Waals surface area contributed by atoms with Gasteiger partial charge in [-0.3, -0.25) is 14.3 Å². The lowest BCUT2D eigenvalue weighted by Crippen LogP contribution is -2.33. The highest BCUT2D eigenvalue weighted by atomic mass is 16.5. The molecule has 0 spiro atoms. The van der Waals surface area contributed by atoms with E-state index in [0.717, 1.165) is 6.42 Å². The molecule has 1 aromatic heterocycles. The number of methoxy groups -OCH3 is 1. The van der Waals surface area contributed by atoms with E-state index in [1.807, 2.05) is 20.8 Å². The van der Waals surface area contributed by atoms with Crippen LogP contribution >= 0.6 is 0 Å². The minimum absolute atomic E-state index is 0.00109. The highest BCUT2D eigenvalue weighted by Gasteiger charge is 2.33. The fourth-order valence-corrected chi connectivity index (χ4v) is 2.18. The number of nitrogens with zero attached hydrogens (tertiary/aromatic N) is 1. The van der Waals surface area contributed by atoms with E-state index in [1.54, 1.807) is 7.11 Å². The first kappa shape index (κ1) is 15.7. The molecule has 1 aliphatic rings. The largest absolute Gasteiger partial charge is 0.382 e. The van der Waals surface area contributed by atoms with Crippen LogP contribution in [-0.2, 0) is 9.47 Å². The fourth-order valence-electron chi connectivity index (χ4n) is 2.18. The average molecular weight is 270 g/mol. The minimum Gasteiger partial charge on any atom is -0.382 e. The van der Waals surface area contributed by atoms with E-state index >= 15 is 0 Å². The molecular weight excluding hydrogens is 248 g/mol. The molecule has 0 aromatic carbocycles. The van der Waals surface area contributed by atoms with Gasteiger partial charge in [0.1, 0.15) is 6.23 Å². The molecule has 0 aliphatic carbocycles. The third-order valence-corrected chi connectivity index (χ3v) is 2.93. The molecule has 6 nitrogen and oxygen atoms in total. The molecule has 108 valence electrons. The molecular formula is C13H22N2O4. The van der Waals surface area contributed by atoms with E-state index in [4.69, 9.17) is 9.47 Å². The van der Waals surface area contributed by atoms with Crippen LogP contribution < -0.4 is 11.2 Å². The van der Waals surface area contributed by atoms with Gasteiger partial charge in [0, 0.05) is 25.3 Å². The first-order valence-corrected chi connectivity index (χ1v) is 6.57. The Morgan fingerprint density at radius 2 is 2.16 bits per heavy atom. The van der Waals surface area contributed by atoms with Gasteiger partial charge in [-0.1, -0.05) is 20.8 Å². The Hall–Kier alpha value is -1.40. The van der Waals surface area contributed by atoms with Crippen molar-refractivity contribution in [2.45, 2.75) is 39.5 Å². The standard InChI is InChI=1S/C11H16N2O4.C2H6/c1-7-5-8(6-16-2)17-10(7)13-4-3-9(14)12-11(13)15;1-2/h3-4,7-8,10H,5-6H2,1-2H3,(H,12,14,15);1-2H3. The molecule has 1 N–H and O–H groups in total.